The SMILES string of the molecule is O=C(NCC(Cc1ccccc1)(c1cccc(OC(F)(F)F)c1)c1cccc(OC(F)(F)F)c1)c1ccc(F)c(C(F)(F)F)c1. The van der Waals surface area contributed by atoms with Crippen molar-refractivity contribution < 1.29 is 58.2 Å². The van der Waals surface area contributed by atoms with Crippen LogP contribution in [0.2, 0.25) is 0 Å². The molecule has 4 aromatic rings. The van der Waals surface area contributed by atoms with Gasteiger partial charge in [0.25, 0.3) is 5.91 Å². The molecule has 0 aliphatic heterocycles. The molecule has 45 heavy (non-hydrogen) atoms. The number of halogens is 10. The fourth-order valence-electron chi connectivity index (χ4n) is 4.78. The van der Waals surface area contributed by atoms with Crippen LogP contribution in [-0.4, -0.2) is 25.2 Å². The molecule has 0 bridgehead atoms. The summed E-state index contributed by atoms with van der Waals surface area (Å²) < 4.78 is 141. The molecule has 0 atom stereocenters. The van der Waals surface area contributed by atoms with Crippen LogP contribution >= 0.6 is 0 Å². The largest absolute Gasteiger partial charge is 0.573 e. The second-order valence-corrected chi connectivity index (χ2v) is 9.77. The van der Waals surface area contributed by atoms with Gasteiger partial charge in [-0.15, -0.1) is 26.3 Å². The summed E-state index contributed by atoms with van der Waals surface area (Å²) in [5, 5.41) is 2.44. The minimum atomic E-state index is -5.13. The molecular weight excluding hydrogens is 624 g/mol. The van der Waals surface area contributed by atoms with Crippen LogP contribution in [0.15, 0.2) is 97.1 Å². The van der Waals surface area contributed by atoms with Crippen LogP contribution in [-0.2, 0) is 18.0 Å². The zero-order valence-electron chi connectivity index (χ0n) is 22.7. The molecular formula is C31H21F10NO3. The predicted octanol–water partition coefficient (Wildman–Crippen LogP) is 8.60. The molecule has 0 radical (unpaired) electrons. The molecule has 4 rings (SSSR count). The Kier molecular flexibility index (Phi) is 9.35. The van der Waals surface area contributed by atoms with Gasteiger partial charge in [-0.05, 0) is 65.6 Å². The first-order valence-corrected chi connectivity index (χ1v) is 12.9. The molecule has 0 spiro atoms. The number of hydrogen-bond donors (Lipinski definition) is 1. The molecule has 4 nitrogen and oxygen atoms in total. The van der Waals surface area contributed by atoms with Gasteiger partial charge in [-0.2, -0.15) is 13.2 Å². The average molecular weight is 645 g/mol. The summed E-state index contributed by atoms with van der Waals surface area (Å²) in [7, 11) is 0. The monoisotopic (exact) mass is 645 g/mol. The first-order valence-electron chi connectivity index (χ1n) is 12.9. The molecule has 0 saturated heterocycles. The van der Waals surface area contributed by atoms with Crippen LogP contribution in [0.1, 0.15) is 32.6 Å². The summed E-state index contributed by atoms with van der Waals surface area (Å²) >= 11 is 0. The van der Waals surface area contributed by atoms with E-state index in [4.69, 9.17) is 0 Å². The molecule has 0 aliphatic rings. The van der Waals surface area contributed by atoms with Gasteiger partial charge >= 0.3 is 18.9 Å². The van der Waals surface area contributed by atoms with Crippen molar-refractivity contribution in [2.45, 2.75) is 30.7 Å². The number of benzene rings is 4. The van der Waals surface area contributed by atoms with Gasteiger partial charge in [-0.25, -0.2) is 4.39 Å². The zero-order chi connectivity index (χ0) is 33.0. The molecule has 0 saturated carbocycles. The smallest absolute Gasteiger partial charge is 0.406 e. The summed E-state index contributed by atoms with van der Waals surface area (Å²) in [5.74, 6) is -4.11. The minimum Gasteiger partial charge on any atom is -0.406 e. The van der Waals surface area contributed by atoms with E-state index in [2.05, 4.69) is 14.8 Å². The molecule has 1 amide bonds. The highest BCUT2D eigenvalue weighted by atomic mass is 19.4. The Hall–Kier alpha value is -4.75. The summed E-state index contributed by atoms with van der Waals surface area (Å²) in [6.45, 7) is -0.565. The second-order valence-electron chi connectivity index (χ2n) is 9.77. The number of alkyl halides is 9. The normalized spacial score (nSPS) is 12.5. The third-order valence-electron chi connectivity index (χ3n) is 6.67. The van der Waals surface area contributed by atoms with Gasteiger partial charge in [0.2, 0.25) is 0 Å². The van der Waals surface area contributed by atoms with Crippen molar-refractivity contribution in [3.63, 3.8) is 0 Å². The lowest BCUT2D eigenvalue weighted by atomic mass is 9.70. The van der Waals surface area contributed by atoms with Crippen LogP contribution < -0.4 is 14.8 Å². The summed E-state index contributed by atoms with van der Waals surface area (Å²) in [4.78, 5) is 13.2. The Bertz CT molecular complexity index is 1570. The number of ether oxygens (including phenoxy) is 2. The van der Waals surface area contributed by atoms with E-state index in [0.29, 0.717) is 17.7 Å². The molecule has 238 valence electrons. The van der Waals surface area contributed by atoms with E-state index >= 15 is 0 Å². The fourth-order valence-corrected chi connectivity index (χ4v) is 4.78. The molecule has 0 aliphatic carbocycles. The Balaban J connectivity index is 1.88. The number of carbonyl (C=O) groups excluding carboxylic acids is 1. The van der Waals surface area contributed by atoms with Crippen molar-refractivity contribution in [3.05, 3.63) is 131 Å². The van der Waals surface area contributed by atoms with Crippen molar-refractivity contribution in [2.75, 3.05) is 6.54 Å². The van der Waals surface area contributed by atoms with E-state index in [1.54, 1.807) is 30.3 Å². The first kappa shape index (κ1) is 33.1. The number of hydrogen-bond acceptors (Lipinski definition) is 3. The van der Waals surface area contributed by atoms with Gasteiger partial charge < -0.3 is 14.8 Å². The van der Waals surface area contributed by atoms with Crippen LogP contribution in [0.25, 0.3) is 0 Å². The Labute approximate surface area is 249 Å². The lowest BCUT2D eigenvalue weighted by molar-refractivity contribution is -0.275. The summed E-state index contributed by atoms with van der Waals surface area (Å²) in [6.07, 6.45) is -15.5. The highest BCUT2D eigenvalue weighted by Crippen LogP contribution is 2.40. The number of rotatable bonds is 9. The van der Waals surface area contributed by atoms with Gasteiger partial charge in [0, 0.05) is 17.5 Å². The maximum Gasteiger partial charge on any atom is 0.573 e. The minimum absolute atomic E-state index is 0.0349. The molecule has 0 fully saturated rings. The topological polar surface area (TPSA) is 47.6 Å². The Morgan fingerprint density at radius 3 is 1.67 bits per heavy atom. The second kappa shape index (κ2) is 12.7. The van der Waals surface area contributed by atoms with E-state index in [1.165, 1.54) is 24.3 Å². The Morgan fingerprint density at radius 2 is 1.18 bits per heavy atom. The third kappa shape index (κ3) is 8.67. The lowest BCUT2D eigenvalue weighted by Crippen LogP contribution is -2.43. The van der Waals surface area contributed by atoms with Gasteiger partial charge in [-0.3, -0.25) is 4.79 Å². The zero-order valence-corrected chi connectivity index (χ0v) is 22.7. The third-order valence-corrected chi connectivity index (χ3v) is 6.67. The van der Waals surface area contributed by atoms with Crippen molar-refractivity contribution >= 4 is 5.91 Å². The standard InChI is InChI=1S/C31H21F10NO3/c32-26-13-12-20(14-25(26)29(33,34)35)27(43)42-18-28(17-19-6-2-1-3-7-19,21-8-4-10-23(15-21)44-30(36,37)38)22-9-5-11-24(16-22)45-31(39,40)41/h1-16H,17-18H2,(H,42,43). The van der Waals surface area contributed by atoms with Gasteiger partial charge in [-0.1, -0.05) is 54.6 Å². The molecule has 14 heteroatoms. The van der Waals surface area contributed by atoms with Crippen LogP contribution in [0.4, 0.5) is 43.9 Å². The van der Waals surface area contributed by atoms with Crippen LogP contribution in [0.5, 0.6) is 11.5 Å². The molecule has 0 aromatic heterocycles. The van der Waals surface area contributed by atoms with E-state index in [-0.39, 0.29) is 17.5 Å². The number of carbonyl (C=O) groups is 1. The van der Waals surface area contributed by atoms with E-state index in [1.807, 2.05) is 0 Å². The highest BCUT2D eigenvalue weighted by molar-refractivity contribution is 5.94. The van der Waals surface area contributed by atoms with Crippen LogP contribution in [0, 0.1) is 5.82 Å². The van der Waals surface area contributed by atoms with E-state index < -0.39 is 65.2 Å². The van der Waals surface area contributed by atoms with Crippen molar-refractivity contribution in [3.8, 4) is 11.5 Å². The lowest BCUT2D eigenvalue weighted by Gasteiger charge is -2.36. The van der Waals surface area contributed by atoms with Crippen molar-refractivity contribution in [2.24, 2.45) is 0 Å². The maximum atomic E-state index is 13.9. The quantitative estimate of drug-likeness (QED) is 0.186. The molecule has 4 aromatic carbocycles. The number of nitrogens with one attached hydrogen (secondary N) is 1. The van der Waals surface area contributed by atoms with Gasteiger partial charge in [0.05, 0.1) is 5.56 Å². The predicted molar refractivity (Wildman–Crippen MR) is 141 cm³/mol. The summed E-state index contributed by atoms with van der Waals surface area (Å²) in [5.41, 5.74) is -3.38. The fraction of sp³-hybridized carbons (Fsp3) is 0.194. The van der Waals surface area contributed by atoms with Crippen molar-refractivity contribution in [1.82, 2.24) is 5.32 Å². The Morgan fingerprint density at radius 1 is 0.644 bits per heavy atom. The molecule has 0 heterocycles. The maximum absolute atomic E-state index is 13.9. The van der Waals surface area contributed by atoms with Gasteiger partial charge in [0.15, 0.2) is 0 Å². The molecule has 0 unspecified atom stereocenters. The van der Waals surface area contributed by atoms with E-state index in [9.17, 15) is 48.7 Å². The molecule has 1 N–H and O–H groups in total. The highest BCUT2D eigenvalue weighted by Gasteiger charge is 2.39. The van der Waals surface area contributed by atoms with Gasteiger partial charge in [0.1, 0.15) is 17.3 Å². The van der Waals surface area contributed by atoms with E-state index in [0.717, 1.165) is 30.3 Å². The van der Waals surface area contributed by atoms with Crippen molar-refractivity contribution in [1.29, 1.82) is 0 Å². The van der Waals surface area contributed by atoms with Crippen LogP contribution in [0.3, 0.4) is 0 Å². The number of amides is 1. The summed E-state index contributed by atoms with van der Waals surface area (Å²) in [6, 6.07) is 18.8. The first-order chi connectivity index (χ1) is 21.0. The average Bonchev–Trinajstić information content (AvgIpc) is 2.94.